The van der Waals surface area contributed by atoms with Gasteiger partial charge in [-0.15, -0.1) is 0 Å². The smallest absolute Gasteiger partial charge is 0.0353 e. The van der Waals surface area contributed by atoms with Crippen LogP contribution in [0.3, 0.4) is 0 Å². The lowest BCUT2D eigenvalue weighted by Crippen LogP contribution is -1.94. The molecule has 1 heteroatoms. The van der Waals surface area contributed by atoms with Gasteiger partial charge in [-0.25, -0.2) is 0 Å². The highest BCUT2D eigenvalue weighted by atomic mass is 14.6. The predicted octanol–water partition coefficient (Wildman–Crippen LogP) is 15.8. The number of fused-ring (bicyclic) bond motifs is 11. The second-order valence-electron chi connectivity index (χ2n) is 16.3. The molecule has 0 bridgehead atoms. The fourth-order valence-electron chi connectivity index (χ4n) is 10.8. The van der Waals surface area contributed by atoms with E-state index < -0.39 is 0 Å². The lowest BCUT2D eigenvalue weighted by atomic mass is 9.83. The van der Waals surface area contributed by atoms with Crippen molar-refractivity contribution < 1.29 is 0 Å². The van der Waals surface area contributed by atoms with Gasteiger partial charge in [-0.05, 0) is 164 Å². The molecular formula is C57H35N. The summed E-state index contributed by atoms with van der Waals surface area (Å²) < 4.78 is 0. The predicted molar refractivity (Wildman–Crippen MR) is 246 cm³/mol. The lowest BCUT2D eigenvalue weighted by Gasteiger charge is -2.20. The minimum Gasteiger partial charge on any atom is -0.264 e. The maximum atomic E-state index is 4.72. The number of hydrogen-bond acceptors (Lipinski definition) is 1. The quantitative estimate of drug-likeness (QED) is 0.165. The Morgan fingerprint density at radius 3 is 1.74 bits per heavy atom. The van der Waals surface area contributed by atoms with Crippen molar-refractivity contribution in [3.05, 3.63) is 187 Å². The van der Waals surface area contributed by atoms with E-state index in [1.807, 2.05) is 6.20 Å². The van der Waals surface area contributed by atoms with Crippen LogP contribution in [0.25, 0.3) is 132 Å². The molecule has 1 aromatic heterocycles. The molecule has 0 fully saturated rings. The molecule has 0 radical (unpaired) electrons. The largest absolute Gasteiger partial charge is 0.264 e. The first-order chi connectivity index (χ1) is 28.6. The fourth-order valence-corrected chi connectivity index (χ4v) is 10.8. The third kappa shape index (κ3) is 4.12. The third-order valence-corrected chi connectivity index (χ3v) is 13.2. The molecule has 0 saturated heterocycles. The molecule has 0 spiro atoms. The first-order valence-electron chi connectivity index (χ1n) is 20.3. The van der Waals surface area contributed by atoms with E-state index in [2.05, 4.69) is 184 Å². The van der Waals surface area contributed by atoms with Gasteiger partial charge in [0, 0.05) is 17.8 Å². The fraction of sp³-hybridized carbons (Fsp3) is 0.0351. The van der Waals surface area contributed by atoms with Gasteiger partial charge in [0.1, 0.15) is 0 Å². The van der Waals surface area contributed by atoms with Crippen LogP contribution in [0, 0.1) is 13.8 Å². The van der Waals surface area contributed by atoms with Gasteiger partial charge in [-0.2, -0.15) is 0 Å². The van der Waals surface area contributed by atoms with Gasteiger partial charge in [0.05, 0.1) is 0 Å². The molecule has 0 atom stereocenters. The van der Waals surface area contributed by atoms with Crippen LogP contribution in [-0.2, 0) is 0 Å². The van der Waals surface area contributed by atoms with Gasteiger partial charge < -0.3 is 0 Å². The van der Waals surface area contributed by atoms with E-state index in [4.69, 9.17) is 4.98 Å². The molecule has 0 N–H and O–H groups in total. The second kappa shape index (κ2) is 11.6. The minimum atomic E-state index is 1.17. The lowest BCUT2D eigenvalue weighted by molar-refractivity contribution is 1.36. The Morgan fingerprint density at radius 2 is 0.948 bits per heavy atom. The number of nitrogens with zero attached hydrogens (tertiary/aromatic N) is 1. The number of hydrogen-bond donors (Lipinski definition) is 0. The number of pyridine rings is 1. The molecular weight excluding hydrogens is 699 g/mol. The van der Waals surface area contributed by atoms with Crippen molar-refractivity contribution >= 4 is 53.9 Å². The summed E-state index contributed by atoms with van der Waals surface area (Å²) in [5, 5.41) is 12.9. The molecule has 1 heterocycles. The van der Waals surface area contributed by atoms with Crippen molar-refractivity contribution in [2.45, 2.75) is 13.8 Å². The third-order valence-electron chi connectivity index (χ3n) is 13.2. The summed E-state index contributed by atoms with van der Waals surface area (Å²) in [4.78, 5) is 4.72. The summed E-state index contributed by atoms with van der Waals surface area (Å²) in [6.45, 7) is 4.48. The zero-order valence-electron chi connectivity index (χ0n) is 32.2. The molecule has 13 rings (SSSR count). The average molecular weight is 734 g/mol. The molecule has 0 saturated carbocycles. The van der Waals surface area contributed by atoms with Crippen molar-refractivity contribution in [3.63, 3.8) is 0 Å². The molecule has 2 aliphatic rings. The highest BCUT2D eigenvalue weighted by molar-refractivity contribution is 6.32. The summed E-state index contributed by atoms with van der Waals surface area (Å²) in [5.41, 5.74) is 20.7. The van der Waals surface area contributed by atoms with Crippen LogP contribution in [-0.4, -0.2) is 4.98 Å². The molecule has 268 valence electrons. The van der Waals surface area contributed by atoms with Crippen LogP contribution in [0.4, 0.5) is 0 Å². The highest BCUT2D eigenvalue weighted by Gasteiger charge is 2.32. The molecule has 0 amide bonds. The summed E-state index contributed by atoms with van der Waals surface area (Å²) in [5.74, 6) is 0. The molecule has 58 heavy (non-hydrogen) atoms. The molecule has 11 aromatic rings. The van der Waals surface area contributed by atoms with E-state index in [-0.39, 0.29) is 0 Å². The van der Waals surface area contributed by atoms with Crippen molar-refractivity contribution in [3.8, 4) is 77.9 Å². The summed E-state index contributed by atoms with van der Waals surface area (Å²) in [6.07, 6.45) is 4.01. The van der Waals surface area contributed by atoms with Gasteiger partial charge in [0.2, 0.25) is 0 Å². The van der Waals surface area contributed by atoms with Crippen LogP contribution in [0.2, 0.25) is 0 Å². The summed E-state index contributed by atoms with van der Waals surface area (Å²) in [6, 6.07) is 61.5. The van der Waals surface area contributed by atoms with Crippen LogP contribution in [0.1, 0.15) is 11.1 Å². The molecule has 0 unspecified atom stereocenters. The maximum Gasteiger partial charge on any atom is 0.0353 e. The van der Waals surface area contributed by atoms with Crippen molar-refractivity contribution in [1.82, 2.24) is 4.98 Å². The van der Waals surface area contributed by atoms with Crippen LogP contribution in [0.5, 0.6) is 0 Å². The van der Waals surface area contributed by atoms with E-state index in [0.717, 1.165) is 0 Å². The Hall–Kier alpha value is -7.35. The van der Waals surface area contributed by atoms with E-state index >= 15 is 0 Å². The maximum absolute atomic E-state index is 4.72. The second-order valence-corrected chi connectivity index (χ2v) is 16.3. The van der Waals surface area contributed by atoms with Crippen molar-refractivity contribution in [2.24, 2.45) is 0 Å². The molecule has 1 nitrogen and oxygen atoms in total. The SMILES string of the molecule is Cc1ccc2c(c1)c(-c1ccc3c4c(cccc14)-c1c-3c(-c3ccccc3)c3cnccc3c1-c1ccccc1)cc1c3ccc(C)c4c3c(cc21)-c1ccccc1-4. The average Bonchev–Trinajstić information content (AvgIpc) is 3.79. The monoisotopic (exact) mass is 733 g/mol. The van der Waals surface area contributed by atoms with E-state index in [9.17, 15) is 0 Å². The minimum absolute atomic E-state index is 1.17. The van der Waals surface area contributed by atoms with Crippen LogP contribution < -0.4 is 0 Å². The number of aryl methyl sites for hydroxylation is 2. The number of benzene rings is 10. The normalized spacial score (nSPS) is 12.3. The zero-order valence-corrected chi connectivity index (χ0v) is 32.2. The topological polar surface area (TPSA) is 12.9 Å². The van der Waals surface area contributed by atoms with E-state index in [1.54, 1.807) is 0 Å². The Bertz CT molecular complexity index is 3520. The van der Waals surface area contributed by atoms with E-state index in [0.29, 0.717) is 0 Å². The standard InChI is InChI=1S/C57H35N/c1-32-20-22-38-45(28-32)46(29-48-41-23-21-33(2)51-39-17-10-9-16-36(39)49(55(41)51)30-47(38)48)37-24-25-44-54-40(37)18-11-19-43(54)56-52(34-12-5-3-6-13-34)42-26-27-58-31-50(42)53(57(44)56)35-14-7-4-8-15-35/h3-31H,1-2H3. The van der Waals surface area contributed by atoms with Crippen molar-refractivity contribution in [2.75, 3.05) is 0 Å². The van der Waals surface area contributed by atoms with Gasteiger partial charge in [0.15, 0.2) is 0 Å². The Labute approximate surface area is 336 Å². The Kier molecular flexibility index (Phi) is 6.36. The summed E-state index contributed by atoms with van der Waals surface area (Å²) in [7, 11) is 0. The van der Waals surface area contributed by atoms with Gasteiger partial charge >= 0.3 is 0 Å². The number of aromatic nitrogens is 1. The molecule has 10 aromatic carbocycles. The van der Waals surface area contributed by atoms with Crippen molar-refractivity contribution in [1.29, 1.82) is 0 Å². The zero-order chi connectivity index (χ0) is 38.2. The van der Waals surface area contributed by atoms with Crippen LogP contribution >= 0.6 is 0 Å². The van der Waals surface area contributed by atoms with Gasteiger partial charge in [-0.1, -0.05) is 151 Å². The first-order valence-corrected chi connectivity index (χ1v) is 20.3. The Balaban J connectivity index is 1.16. The molecule has 0 aliphatic heterocycles. The van der Waals surface area contributed by atoms with E-state index in [1.165, 1.54) is 143 Å². The van der Waals surface area contributed by atoms with Gasteiger partial charge in [0.25, 0.3) is 0 Å². The van der Waals surface area contributed by atoms with Gasteiger partial charge in [-0.3, -0.25) is 4.98 Å². The summed E-state index contributed by atoms with van der Waals surface area (Å²) >= 11 is 0. The Morgan fingerprint density at radius 1 is 0.310 bits per heavy atom. The number of rotatable bonds is 3. The highest BCUT2D eigenvalue weighted by Crippen LogP contribution is 2.59. The van der Waals surface area contributed by atoms with Crippen LogP contribution in [0.15, 0.2) is 176 Å². The first kappa shape index (κ1) is 31.8. The molecule has 2 aliphatic carbocycles.